The van der Waals surface area contributed by atoms with Gasteiger partial charge < -0.3 is 10.2 Å². The molecule has 0 aliphatic heterocycles. The zero-order valence-corrected chi connectivity index (χ0v) is 17.2. The van der Waals surface area contributed by atoms with E-state index >= 15 is 0 Å². The maximum Gasteiger partial charge on any atom is 0.318 e. The number of rotatable bonds is 5. The Morgan fingerprint density at radius 3 is 2.00 bits per heavy atom. The Balaban J connectivity index is 2.24. The average Bonchev–Trinajstić information content (AvgIpc) is 2.67. The molecule has 0 aromatic heterocycles. The van der Waals surface area contributed by atoms with Crippen LogP contribution in [0.3, 0.4) is 0 Å². The number of halogens is 1. The standard InChI is InChI=1S/C22H21FO6S/c1-21(19(24)25)11-15(14-3-7-17(23)8-4-14)12-22(13-21,20(26)27)16-5-9-18(10-6-16)30(2,28)29/h3-10,12H,11,13H2,1-2H3,(H,24,25)(H,26,27). The van der Waals surface area contributed by atoms with Crippen LogP contribution < -0.4 is 0 Å². The molecule has 2 atom stereocenters. The number of benzene rings is 2. The molecule has 158 valence electrons. The minimum Gasteiger partial charge on any atom is -0.481 e. The van der Waals surface area contributed by atoms with Gasteiger partial charge in [0.15, 0.2) is 9.84 Å². The number of carbonyl (C=O) groups is 2. The Morgan fingerprint density at radius 2 is 1.53 bits per heavy atom. The quantitative estimate of drug-likeness (QED) is 0.748. The van der Waals surface area contributed by atoms with Crippen molar-refractivity contribution in [3.05, 3.63) is 71.6 Å². The molecule has 0 spiro atoms. The molecule has 0 fully saturated rings. The summed E-state index contributed by atoms with van der Waals surface area (Å²) in [5.74, 6) is -2.85. The van der Waals surface area contributed by atoms with Crippen molar-refractivity contribution in [2.24, 2.45) is 5.41 Å². The molecule has 2 N–H and O–H groups in total. The second-order valence-corrected chi connectivity index (χ2v) is 9.98. The van der Waals surface area contributed by atoms with Gasteiger partial charge in [0.25, 0.3) is 0 Å². The topological polar surface area (TPSA) is 109 Å². The second-order valence-electron chi connectivity index (χ2n) is 7.97. The highest BCUT2D eigenvalue weighted by molar-refractivity contribution is 7.90. The number of hydrogen-bond acceptors (Lipinski definition) is 4. The molecule has 2 aromatic rings. The van der Waals surface area contributed by atoms with Gasteiger partial charge in [0.2, 0.25) is 0 Å². The Labute approximate surface area is 173 Å². The molecule has 8 heteroatoms. The lowest BCUT2D eigenvalue weighted by Gasteiger charge is -2.40. The third-order valence-corrected chi connectivity index (χ3v) is 6.71. The molecular formula is C22H21FO6S. The van der Waals surface area contributed by atoms with Crippen LogP contribution >= 0.6 is 0 Å². The van der Waals surface area contributed by atoms with Gasteiger partial charge in [-0.2, -0.15) is 0 Å². The van der Waals surface area contributed by atoms with Crippen molar-refractivity contribution >= 4 is 27.3 Å². The summed E-state index contributed by atoms with van der Waals surface area (Å²) in [7, 11) is -3.48. The highest BCUT2D eigenvalue weighted by Crippen LogP contribution is 2.50. The summed E-state index contributed by atoms with van der Waals surface area (Å²) in [5, 5.41) is 20.0. The minimum atomic E-state index is -3.48. The third-order valence-electron chi connectivity index (χ3n) is 5.58. The molecule has 2 unspecified atom stereocenters. The number of hydrogen-bond donors (Lipinski definition) is 2. The van der Waals surface area contributed by atoms with Crippen molar-refractivity contribution in [1.82, 2.24) is 0 Å². The first-order valence-corrected chi connectivity index (χ1v) is 11.0. The van der Waals surface area contributed by atoms with E-state index in [0.717, 1.165) is 6.26 Å². The van der Waals surface area contributed by atoms with E-state index in [1.165, 1.54) is 61.5 Å². The fourth-order valence-electron chi connectivity index (χ4n) is 3.94. The molecular weight excluding hydrogens is 411 g/mol. The van der Waals surface area contributed by atoms with Gasteiger partial charge in [0.1, 0.15) is 11.2 Å². The van der Waals surface area contributed by atoms with Crippen molar-refractivity contribution in [3.63, 3.8) is 0 Å². The molecule has 0 radical (unpaired) electrons. The van der Waals surface area contributed by atoms with E-state index in [9.17, 15) is 32.6 Å². The van der Waals surface area contributed by atoms with Crippen molar-refractivity contribution < 1.29 is 32.6 Å². The van der Waals surface area contributed by atoms with Crippen LogP contribution in [0.2, 0.25) is 0 Å². The van der Waals surface area contributed by atoms with Crippen LogP contribution in [0.1, 0.15) is 30.9 Å². The van der Waals surface area contributed by atoms with E-state index in [1.54, 1.807) is 0 Å². The van der Waals surface area contributed by atoms with E-state index < -0.39 is 38.4 Å². The van der Waals surface area contributed by atoms with Crippen LogP contribution in [0.15, 0.2) is 59.5 Å². The largest absolute Gasteiger partial charge is 0.481 e. The monoisotopic (exact) mass is 432 g/mol. The lowest BCUT2D eigenvalue weighted by atomic mass is 9.61. The van der Waals surface area contributed by atoms with Crippen LogP contribution in [0.25, 0.3) is 5.57 Å². The number of sulfone groups is 1. The summed E-state index contributed by atoms with van der Waals surface area (Å²) in [4.78, 5) is 24.6. The van der Waals surface area contributed by atoms with Crippen LogP contribution in [0, 0.1) is 11.2 Å². The van der Waals surface area contributed by atoms with Crippen LogP contribution in [0.4, 0.5) is 4.39 Å². The number of aliphatic carboxylic acids is 2. The van der Waals surface area contributed by atoms with Gasteiger partial charge in [-0.3, -0.25) is 9.59 Å². The third kappa shape index (κ3) is 3.87. The lowest BCUT2D eigenvalue weighted by Crippen LogP contribution is -2.45. The first-order valence-electron chi connectivity index (χ1n) is 9.12. The summed E-state index contributed by atoms with van der Waals surface area (Å²) >= 11 is 0. The van der Waals surface area contributed by atoms with Gasteiger partial charge >= 0.3 is 11.9 Å². The van der Waals surface area contributed by atoms with E-state index in [4.69, 9.17) is 0 Å². The molecule has 3 rings (SSSR count). The minimum absolute atomic E-state index is 0.0336. The molecule has 1 aliphatic carbocycles. The van der Waals surface area contributed by atoms with Crippen molar-refractivity contribution in [3.8, 4) is 0 Å². The molecule has 0 saturated carbocycles. The molecule has 30 heavy (non-hydrogen) atoms. The smallest absolute Gasteiger partial charge is 0.318 e. The fourth-order valence-corrected chi connectivity index (χ4v) is 4.57. The number of carboxylic acids is 2. The normalized spacial score (nSPS) is 24.2. The highest BCUT2D eigenvalue weighted by Gasteiger charge is 2.51. The van der Waals surface area contributed by atoms with Gasteiger partial charge in [-0.05, 0) is 60.7 Å². The zero-order chi connectivity index (χ0) is 22.3. The summed E-state index contributed by atoms with van der Waals surface area (Å²) in [6.07, 6.45) is 2.41. The van der Waals surface area contributed by atoms with Gasteiger partial charge in [-0.15, -0.1) is 0 Å². The van der Waals surface area contributed by atoms with E-state index in [0.29, 0.717) is 11.1 Å². The summed E-state index contributed by atoms with van der Waals surface area (Å²) < 4.78 is 36.9. The molecule has 0 saturated heterocycles. The van der Waals surface area contributed by atoms with Gasteiger partial charge in [-0.1, -0.05) is 30.3 Å². The van der Waals surface area contributed by atoms with Crippen molar-refractivity contribution in [1.29, 1.82) is 0 Å². The maximum absolute atomic E-state index is 13.4. The number of carboxylic acid groups (broad SMARTS) is 2. The van der Waals surface area contributed by atoms with Crippen LogP contribution in [-0.4, -0.2) is 36.8 Å². The van der Waals surface area contributed by atoms with E-state index in [-0.39, 0.29) is 23.3 Å². The van der Waals surface area contributed by atoms with Crippen LogP contribution in [0.5, 0.6) is 0 Å². The van der Waals surface area contributed by atoms with Gasteiger partial charge in [0.05, 0.1) is 10.3 Å². The molecule has 0 heterocycles. The van der Waals surface area contributed by atoms with Crippen molar-refractivity contribution in [2.45, 2.75) is 30.1 Å². The summed E-state index contributed by atoms with van der Waals surface area (Å²) in [6, 6.07) is 10.8. The molecule has 2 aromatic carbocycles. The zero-order valence-electron chi connectivity index (χ0n) is 16.4. The lowest BCUT2D eigenvalue weighted by molar-refractivity contribution is -0.152. The first kappa shape index (κ1) is 21.7. The van der Waals surface area contributed by atoms with Crippen molar-refractivity contribution in [2.75, 3.05) is 6.26 Å². The van der Waals surface area contributed by atoms with Gasteiger partial charge in [0, 0.05) is 6.26 Å². The Morgan fingerprint density at radius 1 is 0.967 bits per heavy atom. The van der Waals surface area contributed by atoms with E-state index in [1.807, 2.05) is 0 Å². The Kier molecular flexibility index (Phi) is 5.32. The predicted molar refractivity (Wildman–Crippen MR) is 108 cm³/mol. The van der Waals surface area contributed by atoms with Gasteiger partial charge in [-0.25, -0.2) is 12.8 Å². The first-order chi connectivity index (χ1) is 13.9. The molecule has 1 aliphatic rings. The Hall–Kier alpha value is -3.00. The second kappa shape index (κ2) is 7.36. The summed E-state index contributed by atoms with van der Waals surface area (Å²) in [5.41, 5.74) is -1.81. The molecule has 6 nitrogen and oxygen atoms in total. The fraction of sp³-hybridized carbons (Fsp3) is 0.273. The van der Waals surface area contributed by atoms with Crippen LogP contribution in [-0.2, 0) is 24.8 Å². The predicted octanol–water partition coefficient (Wildman–Crippen LogP) is 3.52. The Bertz CT molecular complexity index is 1140. The van der Waals surface area contributed by atoms with E-state index in [2.05, 4.69) is 0 Å². The SMILES string of the molecule is CC1(C(=O)O)CC(c2ccc(F)cc2)=CC(C(=O)O)(c2ccc(S(C)(=O)=O)cc2)C1. The number of allylic oxidation sites excluding steroid dienone is 1. The summed E-state index contributed by atoms with van der Waals surface area (Å²) in [6.45, 7) is 1.48. The highest BCUT2D eigenvalue weighted by atomic mass is 32.2. The molecule has 0 amide bonds. The average molecular weight is 432 g/mol. The maximum atomic E-state index is 13.4. The molecule has 0 bridgehead atoms.